The minimum Gasteiger partial charge on any atom is -0.405 e. The maximum Gasteiger partial charge on any atom is 0.261 e. The molecule has 0 heterocycles. The molecule has 0 aliphatic heterocycles. The molecule has 0 spiro atoms. The number of hydrogen-bond donors (Lipinski definition) is 0. The van der Waals surface area contributed by atoms with E-state index in [2.05, 4.69) is 108 Å². The Hall–Kier alpha value is -1.64. The van der Waals surface area contributed by atoms with Gasteiger partial charge in [0.25, 0.3) is 8.32 Å². The molecule has 1 nitrogen and oxygen atoms in total. The van der Waals surface area contributed by atoms with Gasteiger partial charge in [0.1, 0.15) is 0 Å². The molecule has 2 aromatic carbocycles. The second-order valence-corrected chi connectivity index (χ2v) is 12.7. The van der Waals surface area contributed by atoms with Crippen molar-refractivity contribution in [2.45, 2.75) is 65.5 Å². The average molecular weight is 367 g/mol. The van der Waals surface area contributed by atoms with Crippen LogP contribution in [0.25, 0.3) is 0 Å². The number of allylic oxidation sites excluding steroid dienone is 2. The third-order valence-electron chi connectivity index (χ3n) is 4.92. The van der Waals surface area contributed by atoms with E-state index in [1.54, 1.807) is 0 Å². The first-order valence-electron chi connectivity index (χ1n) is 9.69. The third-order valence-corrected chi connectivity index (χ3v) is 10.1. The summed E-state index contributed by atoms with van der Waals surface area (Å²) in [5, 5.41) is 2.75. The Morgan fingerprint density at radius 1 is 0.923 bits per heavy atom. The molecule has 0 N–H and O–H groups in total. The van der Waals surface area contributed by atoms with E-state index in [1.807, 2.05) is 0 Å². The lowest BCUT2D eigenvalue weighted by Crippen LogP contribution is -2.67. The predicted molar refractivity (Wildman–Crippen MR) is 117 cm³/mol. The van der Waals surface area contributed by atoms with E-state index in [1.165, 1.54) is 15.9 Å². The van der Waals surface area contributed by atoms with Gasteiger partial charge in [-0.15, -0.1) is 0 Å². The molecular formula is C24H34OSi. The second-order valence-electron chi connectivity index (χ2n) is 8.45. The van der Waals surface area contributed by atoms with Crippen molar-refractivity contribution in [3.63, 3.8) is 0 Å². The van der Waals surface area contributed by atoms with E-state index in [9.17, 15) is 0 Å². The zero-order chi connectivity index (χ0) is 19.2. The van der Waals surface area contributed by atoms with Crippen molar-refractivity contribution in [1.29, 1.82) is 0 Å². The molecule has 26 heavy (non-hydrogen) atoms. The number of benzene rings is 2. The normalized spacial score (nSPS) is 13.3. The maximum absolute atomic E-state index is 7.07. The van der Waals surface area contributed by atoms with Gasteiger partial charge in [-0.25, -0.2) is 0 Å². The number of hydrogen-bond acceptors (Lipinski definition) is 1. The second kappa shape index (κ2) is 8.83. The lowest BCUT2D eigenvalue weighted by atomic mass is 10.2. The van der Waals surface area contributed by atoms with Crippen LogP contribution in [0.2, 0.25) is 5.04 Å². The molecule has 0 amide bonds. The molecule has 0 unspecified atom stereocenters. The quantitative estimate of drug-likeness (QED) is 0.451. The van der Waals surface area contributed by atoms with E-state index in [-0.39, 0.29) is 11.1 Å². The van der Waals surface area contributed by atoms with Crippen LogP contribution in [-0.2, 0) is 4.43 Å². The monoisotopic (exact) mass is 366 g/mol. The molecule has 2 heteroatoms. The lowest BCUT2D eigenvalue weighted by Gasteiger charge is -2.44. The van der Waals surface area contributed by atoms with Gasteiger partial charge >= 0.3 is 0 Å². The van der Waals surface area contributed by atoms with Crippen LogP contribution in [0.1, 0.15) is 54.4 Å². The van der Waals surface area contributed by atoms with E-state index in [4.69, 9.17) is 4.43 Å². The molecule has 0 fully saturated rings. The van der Waals surface area contributed by atoms with E-state index in [0.717, 1.165) is 12.8 Å². The fraction of sp³-hybridized carbons (Fsp3) is 0.417. The summed E-state index contributed by atoms with van der Waals surface area (Å²) in [6.45, 7) is 13.6. The minimum absolute atomic E-state index is 0.0421. The first kappa shape index (κ1) is 20.7. The lowest BCUT2D eigenvalue weighted by molar-refractivity contribution is 0.197. The molecule has 0 aliphatic rings. The van der Waals surface area contributed by atoms with Gasteiger partial charge in [0.15, 0.2) is 0 Å². The zero-order valence-electron chi connectivity index (χ0n) is 17.3. The van der Waals surface area contributed by atoms with Crippen molar-refractivity contribution in [2.75, 3.05) is 0 Å². The average Bonchev–Trinajstić information content (AvgIpc) is 2.60. The van der Waals surface area contributed by atoms with Gasteiger partial charge in [-0.3, -0.25) is 0 Å². The standard InChI is InChI=1S/C24H34OSi/c1-20(2)14-13-15-21(3)25-26(24(4,5)6,22-16-9-7-10-17-22)23-18-11-8-12-19-23/h7-12,14,16-19,21H,13,15H2,1-6H3/t21-/m1/s1. The molecule has 0 saturated carbocycles. The van der Waals surface area contributed by atoms with Crippen molar-refractivity contribution < 1.29 is 4.43 Å². The molecule has 0 saturated heterocycles. The maximum atomic E-state index is 7.07. The molecule has 2 rings (SSSR count). The van der Waals surface area contributed by atoms with Gasteiger partial charge in [0.05, 0.1) is 0 Å². The van der Waals surface area contributed by atoms with Gasteiger partial charge in [-0.2, -0.15) is 0 Å². The van der Waals surface area contributed by atoms with Crippen molar-refractivity contribution in [3.8, 4) is 0 Å². The Kier molecular flexibility index (Phi) is 7.02. The van der Waals surface area contributed by atoms with Gasteiger partial charge in [0, 0.05) is 6.10 Å². The molecule has 0 aliphatic carbocycles. The van der Waals surface area contributed by atoms with Gasteiger partial charge < -0.3 is 4.43 Å². The summed E-state index contributed by atoms with van der Waals surface area (Å²) in [4.78, 5) is 0. The SMILES string of the molecule is CC(C)=CCC[C@@H](C)O[Si](c1ccccc1)(c1ccccc1)C(C)(C)C. The zero-order valence-corrected chi connectivity index (χ0v) is 18.3. The Labute approximate surface area is 161 Å². The summed E-state index contributed by atoms with van der Waals surface area (Å²) >= 11 is 0. The van der Waals surface area contributed by atoms with Crippen LogP contribution in [0.3, 0.4) is 0 Å². The summed E-state index contributed by atoms with van der Waals surface area (Å²) in [6, 6.07) is 21.8. The van der Waals surface area contributed by atoms with Crippen molar-refractivity contribution in [2.24, 2.45) is 0 Å². The van der Waals surface area contributed by atoms with Crippen molar-refractivity contribution >= 4 is 18.7 Å². The van der Waals surface area contributed by atoms with Crippen LogP contribution < -0.4 is 10.4 Å². The first-order chi connectivity index (χ1) is 12.3. The highest BCUT2D eigenvalue weighted by atomic mass is 28.4. The highest BCUT2D eigenvalue weighted by Gasteiger charge is 2.50. The summed E-state index contributed by atoms with van der Waals surface area (Å²) < 4.78 is 7.07. The molecule has 0 radical (unpaired) electrons. The molecule has 0 bridgehead atoms. The molecular weight excluding hydrogens is 332 g/mol. The summed E-state index contributed by atoms with van der Waals surface area (Å²) in [7, 11) is -2.41. The van der Waals surface area contributed by atoms with E-state index in [0.29, 0.717) is 0 Å². The summed E-state index contributed by atoms with van der Waals surface area (Å²) in [5.74, 6) is 0. The molecule has 1 atom stereocenters. The topological polar surface area (TPSA) is 9.23 Å². The molecule has 140 valence electrons. The van der Waals surface area contributed by atoms with Crippen molar-refractivity contribution in [1.82, 2.24) is 0 Å². The van der Waals surface area contributed by atoms with Crippen LogP contribution in [0, 0.1) is 0 Å². The van der Waals surface area contributed by atoms with Crippen LogP contribution in [0.15, 0.2) is 72.3 Å². The van der Waals surface area contributed by atoms with E-state index >= 15 is 0 Å². The fourth-order valence-corrected chi connectivity index (χ4v) is 8.39. The molecule has 0 aromatic heterocycles. The highest BCUT2D eigenvalue weighted by molar-refractivity contribution is 6.99. The summed E-state index contributed by atoms with van der Waals surface area (Å²) in [5.41, 5.74) is 1.38. The Balaban J connectivity index is 2.49. The van der Waals surface area contributed by atoms with Gasteiger partial charge in [-0.1, -0.05) is 93.1 Å². The van der Waals surface area contributed by atoms with Crippen LogP contribution in [0.4, 0.5) is 0 Å². The predicted octanol–water partition coefficient (Wildman–Crippen LogP) is 5.70. The number of rotatable bonds is 7. The minimum atomic E-state index is -2.41. The Bertz CT molecular complexity index is 654. The van der Waals surface area contributed by atoms with Crippen LogP contribution >= 0.6 is 0 Å². The Morgan fingerprint density at radius 2 is 1.38 bits per heavy atom. The highest BCUT2D eigenvalue weighted by Crippen LogP contribution is 2.37. The van der Waals surface area contributed by atoms with Crippen LogP contribution in [-0.4, -0.2) is 14.4 Å². The van der Waals surface area contributed by atoms with E-state index < -0.39 is 8.32 Å². The third kappa shape index (κ3) is 4.75. The fourth-order valence-electron chi connectivity index (χ4n) is 3.66. The first-order valence-corrected chi connectivity index (χ1v) is 11.6. The largest absolute Gasteiger partial charge is 0.405 e. The summed E-state index contributed by atoms with van der Waals surface area (Å²) in [6.07, 6.45) is 4.65. The van der Waals surface area contributed by atoms with Gasteiger partial charge in [0.2, 0.25) is 0 Å². The molecule has 2 aromatic rings. The Morgan fingerprint density at radius 3 is 1.77 bits per heavy atom. The van der Waals surface area contributed by atoms with Gasteiger partial charge in [-0.05, 0) is 49.0 Å². The van der Waals surface area contributed by atoms with Crippen molar-refractivity contribution in [3.05, 3.63) is 72.3 Å². The van der Waals surface area contributed by atoms with Crippen LogP contribution in [0.5, 0.6) is 0 Å². The smallest absolute Gasteiger partial charge is 0.261 e.